The molecule has 6 fully saturated rings. The third kappa shape index (κ3) is 2.97. The highest BCUT2D eigenvalue weighted by Gasteiger charge is 2.57. The number of hydrogen-bond acceptors (Lipinski definition) is 5. The molecule has 29 heavy (non-hydrogen) atoms. The highest BCUT2D eigenvalue weighted by molar-refractivity contribution is 5.87. The number of nitrogens with one attached hydrogen (secondary N) is 1. The number of anilines is 1. The minimum Gasteiger partial charge on any atom is -0.390 e. The van der Waals surface area contributed by atoms with Gasteiger partial charge in [0, 0.05) is 30.4 Å². The van der Waals surface area contributed by atoms with E-state index in [4.69, 9.17) is 9.97 Å². The maximum Gasteiger partial charge on any atom is 0.242 e. The molecule has 0 aromatic carbocycles. The molecule has 1 aromatic rings. The van der Waals surface area contributed by atoms with Gasteiger partial charge in [0.15, 0.2) is 0 Å². The number of carbonyl (C=O) groups is 1. The normalized spacial score (nSPS) is 41.1. The minimum absolute atomic E-state index is 0.118. The van der Waals surface area contributed by atoms with E-state index >= 15 is 0 Å². The molecule has 6 aliphatic rings. The summed E-state index contributed by atoms with van der Waals surface area (Å²) in [4.78, 5) is 24.8. The lowest BCUT2D eigenvalue weighted by molar-refractivity contribution is -0.136. The van der Waals surface area contributed by atoms with E-state index in [-0.39, 0.29) is 18.0 Å². The van der Waals surface area contributed by atoms with Crippen LogP contribution in [0.5, 0.6) is 0 Å². The van der Waals surface area contributed by atoms with Gasteiger partial charge in [-0.25, -0.2) is 9.97 Å². The molecule has 3 atom stereocenters. The van der Waals surface area contributed by atoms with Crippen molar-refractivity contribution in [2.24, 2.45) is 17.8 Å². The molecular weight excluding hydrogens is 364 g/mol. The van der Waals surface area contributed by atoms with Crippen LogP contribution in [0.25, 0.3) is 0 Å². The van der Waals surface area contributed by atoms with E-state index in [0.29, 0.717) is 23.7 Å². The lowest BCUT2D eigenvalue weighted by Crippen LogP contribution is -2.64. The Labute approximate surface area is 172 Å². The Balaban J connectivity index is 1.38. The molecule has 4 bridgehead atoms. The monoisotopic (exact) mass is 396 g/mol. The van der Waals surface area contributed by atoms with Gasteiger partial charge in [-0.2, -0.15) is 0 Å². The van der Waals surface area contributed by atoms with Crippen LogP contribution in [0.3, 0.4) is 0 Å². The van der Waals surface area contributed by atoms with Crippen LogP contribution in [0.4, 0.5) is 5.95 Å². The highest BCUT2D eigenvalue weighted by Crippen LogP contribution is 2.57. The first-order valence-corrected chi connectivity index (χ1v) is 11.7. The zero-order valence-corrected chi connectivity index (χ0v) is 17.1. The summed E-state index contributed by atoms with van der Waals surface area (Å²) in [5.41, 5.74) is 0.682. The van der Waals surface area contributed by atoms with Crippen molar-refractivity contribution in [1.29, 1.82) is 0 Å². The van der Waals surface area contributed by atoms with Crippen molar-refractivity contribution in [2.75, 3.05) is 11.4 Å². The van der Waals surface area contributed by atoms with Crippen LogP contribution in [0.2, 0.25) is 0 Å². The quantitative estimate of drug-likeness (QED) is 0.818. The number of hydrogen-bond donors (Lipinski definition) is 2. The summed E-state index contributed by atoms with van der Waals surface area (Å²) in [6.45, 7) is 0.733. The predicted molar refractivity (Wildman–Crippen MR) is 109 cm³/mol. The van der Waals surface area contributed by atoms with Gasteiger partial charge in [0.05, 0.1) is 5.60 Å². The van der Waals surface area contributed by atoms with E-state index in [0.717, 1.165) is 43.9 Å². The smallest absolute Gasteiger partial charge is 0.242 e. The van der Waals surface area contributed by atoms with E-state index < -0.39 is 5.60 Å². The highest BCUT2D eigenvalue weighted by atomic mass is 16.3. The van der Waals surface area contributed by atoms with Gasteiger partial charge in [-0.3, -0.25) is 4.79 Å². The van der Waals surface area contributed by atoms with E-state index in [9.17, 15) is 9.90 Å². The number of rotatable bonds is 4. The van der Waals surface area contributed by atoms with Crippen molar-refractivity contribution in [1.82, 2.24) is 15.3 Å². The van der Waals surface area contributed by atoms with Crippen LogP contribution in [0, 0.1) is 17.8 Å². The average Bonchev–Trinajstić information content (AvgIpc) is 3.35. The van der Waals surface area contributed by atoms with Crippen molar-refractivity contribution < 1.29 is 9.90 Å². The molecule has 1 amide bonds. The summed E-state index contributed by atoms with van der Waals surface area (Å²) in [5.74, 6) is 2.94. The minimum atomic E-state index is -0.469. The number of aromatic nitrogens is 2. The van der Waals surface area contributed by atoms with Crippen LogP contribution in [-0.4, -0.2) is 45.2 Å². The van der Waals surface area contributed by atoms with Crippen LogP contribution in [0.15, 0.2) is 12.3 Å². The Hall–Kier alpha value is -1.69. The summed E-state index contributed by atoms with van der Waals surface area (Å²) in [7, 11) is 0. The molecule has 0 spiro atoms. The predicted octanol–water partition coefficient (Wildman–Crippen LogP) is 2.77. The molecule has 6 nitrogen and oxygen atoms in total. The average molecular weight is 397 g/mol. The van der Waals surface area contributed by atoms with Crippen molar-refractivity contribution in [3.63, 3.8) is 0 Å². The zero-order valence-electron chi connectivity index (χ0n) is 17.1. The summed E-state index contributed by atoms with van der Waals surface area (Å²) in [6, 6.07) is 2.18. The molecule has 156 valence electrons. The lowest BCUT2D eigenvalue weighted by Gasteiger charge is -2.60. The van der Waals surface area contributed by atoms with Crippen LogP contribution >= 0.6 is 0 Å². The number of carbonyl (C=O) groups excluding carboxylic acids is 1. The van der Waals surface area contributed by atoms with Crippen molar-refractivity contribution >= 4 is 11.9 Å². The fourth-order valence-electron chi connectivity index (χ4n) is 7.67. The Bertz CT molecular complexity index is 792. The maximum absolute atomic E-state index is 12.8. The van der Waals surface area contributed by atoms with Crippen molar-refractivity contribution in [2.45, 2.75) is 87.8 Å². The largest absolute Gasteiger partial charge is 0.390 e. The second kappa shape index (κ2) is 6.66. The number of aliphatic hydroxyl groups is 1. The van der Waals surface area contributed by atoms with Gasteiger partial charge in [0.1, 0.15) is 6.04 Å². The Morgan fingerprint density at radius 3 is 2.52 bits per heavy atom. The standard InChI is InChI=1S/C23H32N4O2/c28-21-19(6-8-24-21)27(22-25-7-5-18(26-22)15-3-1-2-4-15)20-16-9-14-10-17(20)13-23(29,11-14)12-16/h5,7,14-17,19-20,29H,1-4,6,8-13H2,(H,24,28)/t14?,16?,17?,19-,20?,23?/m0/s1. The fourth-order valence-corrected chi connectivity index (χ4v) is 7.67. The Kier molecular flexibility index (Phi) is 4.16. The second-order valence-electron chi connectivity index (χ2n) is 10.5. The van der Waals surface area contributed by atoms with Crippen molar-refractivity contribution in [3.8, 4) is 0 Å². The number of amides is 1. The molecule has 2 heterocycles. The van der Waals surface area contributed by atoms with E-state index in [1.807, 2.05) is 6.20 Å². The van der Waals surface area contributed by atoms with Gasteiger partial charge in [0.25, 0.3) is 0 Å². The van der Waals surface area contributed by atoms with Crippen LogP contribution in [-0.2, 0) is 4.79 Å². The lowest BCUT2D eigenvalue weighted by atomic mass is 9.52. The molecule has 1 aliphatic heterocycles. The Morgan fingerprint density at radius 1 is 1.10 bits per heavy atom. The first-order valence-electron chi connectivity index (χ1n) is 11.7. The first-order chi connectivity index (χ1) is 14.1. The van der Waals surface area contributed by atoms with Crippen LogP contribution < -0.4 is 10.2 Å². The SMILES string of the molecule is O=C1NCC[C@@H]1N(c1nccc(C2CCCC2)n1)C1C2CC3CC1CC(O)(C3)C2. The van der Waals surface area contributed by atoms with Gasteiger partial charge >= 0.3 is 0 Å². The summed E-state index contributed by atoms with van der Waals surface area (Å²) < 4.78 is 0. The molecule has 2 N–H and O–H groups in total. The fraction of sp³-hybridized carbons (Fsp3) is 0.783. The Morgan fingerprint density at radius 2 is 1.86 bits per heavy atom. The number of nitrogens with zero attached hydrogens (tertiary/aromatic N) is 3. The van der Waals surface area contributed by atoms with Crippen LogP contribution in [0.1, 0.15) is 75.8 Å². The second-order valence-corrected chi connectivity index (χ2v) is 10.5. The molecule has 5 saturated carbocycles. The van der Waals surface area contributed by atoms with Gasteiger partial charge < -0.3 is 15.3 Å². The molecule has 1 aromatic heterocycles. The molecule has 1 saturated heterocycles. The molecule has 2 unspecified atom stereocenters. The molecule has 0 radical (unpaired) electrons. The summed E-state index contributed by atoms with van der Waals surface area (Å²) >= 11 is 0. The van der Waals surface area contributed by atoms with Gasteiger partial charge in [-0.15, -0.1) is 0 Å². The molecular formula is C23H32N4O2. The third-order valence-electron chi connectivity index (χ3n) is 8.54. The molecule has 7 rings (SSSR count). The summed E-state index contributed by atoms with van der Waals surface area (Å²) in [6.07, 6.45) is 12.8. The van der Waals surface area contributed by atoms with E-state index in [1.165, 1.54) is 38.5 Å². The topological polar surface area (TPSA) is 78.4 Å². The van der Waals surface area contributed by atoms with Gasteiger partial charge in [0.2, 0.25) is 11.9 Å². The molecule has 6 heteroatoms. The van der Waals surface area contributed by atoms with Crippen molar-refractivity contribution in [3.05, 3.63) is 18.0 Å². The first kappa shape index (κ1) is 18.1. The summed E-state index contributed by atoms with van der Waals surface area (Å²) in [5, 5.41) is 14.1. The van der Waals surface area contributed by atoms with Gasteiger partial charge in [-0.05, 0) is 75.2 Å². The molecule has 5 aliphatic carbocycles. The van der Waals surface area contributed by atoms with E-state index in [1.54, 1.807) is 0 Å². The van der Waals surface area contributed by atoms with E-state index in [2.05, 4.69) is 16.3 Å². The third-order valence-corrected chi connectivity index (χ3v) is 8.54. The zero-order chi connectivity index (χ0) is 19.6. The maximum atomic E-state index is 12.8. The van der Waals surface area contributed by atoms with Gasteiger partial charge in [-0.1, -0.05) is 12.8 Å².